The van der Waals surface area contributed by atoms with Crippen LogP contribution in [0.1, 0.15) is 10.4 Å². The van der Waals surface area contributed by atoms with Gasteiger partial charge in [-0.1, -0.05) is 11.6 Å². The first-order valence-electron chi connectivity index (χ1n) is 4.45. The van der Waals surface area contributed by atoms with Gasteiger partial charge in [-0.25, -0.2) is 9.59 Å². The SMILES string of the molecule is COC(=O)Nc1cc(OC)c(C(=O)O)cc1Cl. The molecule has 1 rings (SSSR count). The summed E-state index contributed by atoms with van der Waals surface area (Å²) in [5.74, 6) is -1.08. The van der Waals surface area contributed by atoms with E-state index < -0.39 is 12.1 Å². The van der Waals surface area contributed by atoms with Crippen LogP contribution in [0.25, 0.3) is 0 Å². The number of carbonyl (C=O) groups is 2. The standard InChI is InChI=1S/C10H10ClNO5/c1-16-8-4-7(12-10(15)17-2)6(11)3-5(8)9(13)14/h3-4H,1-2H3,(H,12,15)(H,13,14). The molecule has 0 aromatic heterocycles. The maximum atomic E-state index is 11.0. The Labute approximate surface area is 102 Å². The Morgan fingerprint density at radius 2 is 2.00 bits per heavy atom. The van der Waals surface area contributed by atoms with Crippen LogP contribution in [0.15, 0.2) is 12.1 Å². The van der Waals surface area contributed by atoms with Gasteiger partial charge in [0.2, 0.25) is 0 Å². The van der Waals surface area contributed by atoms with Crippen molar-refractivity contribution in [1.29, 1.82) is 0 Å². The Kier molecular flexibility index (Phi) is 4.17. The van der Waals surface area contributed by atoms with Gasteiger partial charge in [0.25, 0.3) is 0 Å². The summed E-state index contributed by atoms with van der Waals surface area (Å²) in [6.45, 7) is 0. The summed E-state index contributed by atoms with van der Waals surface area (Å²) in [7, 11) is 2.52. The lowest BCUT2D eigenvalue weighted by Crippen LogP contribution is -2.12. The quantitative estimate of drug-likeness (QED) is 0.869. The fourth-order valence-corrected chi connectivity index (χ4v) is 1.36. The monoisotopic (exact) mass is 259 g/mol. The maximum absolute atomic E-state index is 11.0. The minimum Gasteiger partial charge on any atom is -0.496 e. The van der Waals surface area contributed by atoms with Crippen molar-refractivity contribution < 1.29 is 24.2 Å². The van der Waals surface area contributed by atoms with Crippen LogP contribution in [-0.2, 0) is 4.74 Å². The molecule has 0 saturated carbocycles. The predicted octanol–water partition coefficient (Wildman–Crippen LogP) is 2.23. The maximum Gasteiger partial charge on any atom is 0.411 e. The number of aromatic carboxylic acids is 1. The number of hydrogen-bond donors (Lipinski definition) is 2. The summed E-state index contributed by atoms with van der Waals surface area (Å²) < 4.78 is 9.28. The normalized spacial score (nSPS) is 9.59. The van der Waals surface area contributed by atoms with Crippen molar-refractivity contribution in [3.8, 4) is 5.75 Å². The van der Waals surface area contributed by atoms with E-state index in [2.05, 4.69) is 10.1 Å². The molecular weight excluding hydrogens is 250 g/mol. The molecule has 1 aromatic carbocycles. The number of halogens is 1. The van der Waals surface area contributed by atoms with Gasteiger partial charge in [0, 0.05) is 6.07 Å². The number of carbonyl (C=O) groups excluding carboxylic acids is 1. The first-order chi connectivity index (χ1) is 7.99. The molecule has 17 heavy (non-hydrogen) atoms. The highest BCUT2D eigenvalue weighted by Crippen LogP contribution is 2.31. The van der Waals surface area contributed by atoms with E-state index in [1.807, 2.05) is 0 Å². The molecule has 0 aliphatic carbocycles. The van der Waals surface area contributed by atoms with Crippen LogP contribution in [0, 0.1) is 0 Å². The second-order valence-corrected chi connectivity index (χ2v) is 3.36. The van der Waals surface area contributed by atoms with Gasteiger partial charge in [-0.15, -0.1) is 0 Å². The topological polar surface area (TPSA) is 84.9 Å². The summed E-state index contributed by atoms with van der Waals surface area (Å²) in [5, 5.41) is 11.3. The molecule has 6 nitrogen and oxygen atoms in total. The van der Waals surface area contributed by atoms with Crippen molar-refractivity contribution in [2.45, 2.75) is 0 Å². The smallest absolute Gasteiger partial charge is 0.411 e. The number of carboxylic acid groups (broad SMARTS) is 1. The summed E-state index contributed by atoms with van der Waals surface area (Å²) >= 11 is 5.81. The van der Waals surface area contributed by atoms with Crippen LogP contribution in [0.2, 0.25) is 5.02 Å². The zero-order chi connectivity index (χ0) is 13.0. The third kappa shape index (κ3) is 3.01. The van der Waals surface area contributed by atoms with Gasteiger partial charge >= 0.3 is 12.1 Å². The first-order valence-corrected chi connectivity index (χ1v) is 4.83. The fourth-order valence-electron chi connectivity index (χ4n) is 1.15. The van der Waals surface area contributed by atoms with Gasteiger partial charge in [-0.2, -0.15) is 0 Å². The first kappa shape index (κ1) is 13.1. The molecule has 0 saturated heterocycles. The molecule has 0 spiro atoms. The van der Waals surface area contributed by atoms with Crippen molar-refractivity contribution in [2.75, 3.05) is 19.5 Å². The molecule has 0 aliphatic rings. The van der Waals surface area contributed by atoms with E-state index in [0.29, 0.717) is 0 Å². The lowest BCUT2D eigenvalue weighted by atomic mass is 10.2. The highest BCUT2D eigenvalue weighted by molar-refractivity contribution is 6.34. The minimum absolute atomic E-state index is 0.0774. The molecule has 7 heteroatoms. The minimum atomic E-state index is -1.17. The summed E-state index contributed by atoms with van der Waals surface area (Å²) in [4.78, 5) is 21.9. The highest BCUT2D eigenvalue weighted by atomic mass is 35.5. The highest BCUT2D eigenvalue weighted by Gasteiger charge is 2.16. The molecule has 92 valence electrons. The largest absolute Gasteiger partial charge is 0.496 e. The average Bonchev–Trinajstić information content (AvgIpc) is 2.30. The van der Waals surface area contributed by atoms with Gasteiger partial charge < -0.3 is 14.6 Å². The van der Waals surface area contributed by atoms with Crippen LogP contribution in [0.5, 0.6) is 5.75 Å². The number of carboxylic acids is 1. The van der Waals surface area contributed by atoms with E-state index in [1.54, 1.807) is 0 Å². The molecule has 1 aromatic rings. The van der Waals surface area contributed by atoms with Crippen LogP contribution in [-0.4, -0.2) is 31.4 Å². The van der Waals surface area contributed by atoms with Gasteiger partial charge in [-0.3, -0.25) is 5.32 Å². The molecule has 1 amide bonds. The number of benzene rings is 1. The number of methoxy groups -OCH3 is 2. The third-order valence-electron chi connectivity index (χ3n) is 1.94. The molecule has 0 heterocycles. The van der Waals surface area contributed by atoms with E-state index in [0.717, 1.165) is 0 Å². The second kappa shape index (κ2) is 5.40. The Hall–Kier alpha value is -1.95. The van der Waals surface area contributed by atoms with Crippen molar-refractivity contribution >= 4 is 29.4 Å². The van der Waals surface area contributed by atoms with Crippen LogP contribution in [0.3, 0.4) is 0 Å². The molecular formula is C10H10ClNO5. The average molecular weight is 260 g/mol. The number of amides is 1. The molecule has 0 fully saturated rings. The summed E-state index contributed by atoms with van der Waals surface area (Å²) in [6, 6.07) is 2.50. The van der Waals surface area contributed by atoms with E-state index in [9.17, 15) is 9.59 Å². The summed E-state index contributed by atoms with van der Waals surface area (Å²) in [6.07, 6.45) is -0.711. The number of nitrogens with one attached hydrogen (secondary N) is 1. The van der Waals surface area contributed by atoms with Gasteiger partial charge in [0.05, 0.1) is 24.9 Å². The van der Waals surface area contributed by atoms with E-state index >= 15 is 0 Å². The Morgan fingerprint density at radius 3 is 2.47 bits per heavy atom. The number of hydrogen-bond acceptors (Lipinski definition) is 4. The van der Waals surface area contributed by atoms with Crippen LogP contribution < -0.4 is 10.1 Å². The lowest BCUT2D eigenvalue weighted by Gasteiger charge is -2.10. The predicted molar refractivity (Wildman–Crippen MR) is 61.0 cm³/mol. The van der Waals surface area contributed by atoms with Crippen molar-refractivity contribution in [3.63, 3.8) is 0 Å². The lowest BCUT2D eigenvalue weighted by molar-refractivity contribution is 0.0693. The fraction of sp³-hybridized carbons (Fsp3) is 0.200. The van der Waals surface area contributed by atoms with E-state index in [-0.39, 0.29) is 22.0 Å². The number of rotatable bonds is 3. The zero-order valence-electron chi connectivity index (χ0n) is 9.11. The van der Waals surface area contributed by atoms with Crippen LogP contribution in [0.4, 0.5) is 10.5 Å². The Morgan fingerprint density at radius 1 is 1.35 bits per heavy atom. The molecule has 0 atom stereocenters. The Bertz CT molecular complexity index is 460. The second-order valence-electron chi connectivity index (χ2n) is 2.95. The molecule has 0 aliphatic heterocycles. The molecule has 2 N–H and O–H groups in total. The van der Waals surface area contributed by atoms with E-state index in [4.69, 9.17) is 21.4 Å². The Balaban J connectivity index is 3.17. The molecule has 0 bridgehead atoms. The number of ether oxygens (including phenoxy) is 2. The van der Waals surface area contributed by atoms with Gasteiger partial charge in [0.1, 0.15) is 11.3 Å². The molecule has 0 radical (unpaired) electrons. The van der Waals surface area contributed by atoms with E-state index in [1.165, 1.54) is 26.4 Å². The molecule has 0 unspecified atom stereocenters. The van der Waals surface area contributed by atoms with Crippen molar-refractivity contribution in [3.05, 3.63) is 22.7 Å². The number of anilines is 1. The van der Waals surface area contributed by atoms with Crippen molar-refractivity contribution in [1.82, 2.24) is 0 Å². The summed E-state index contributed by atoms with van der Waals surface area (Å²) in [5.41, 5.74) is 0.119. The third-order valence-corrected chi connectivity index (χ3v) is 2.25. The zero-order valence-corrected chi connectivity index (χ0v) is 9.87. The van der Waals surface area contributed by atoms with Gasteiger partial charge in [0.15, 0.2) is 0 Å². The van der Waals surface area contributed by atoms with Gasteiger partial charge in [-0.05, 0) is 6.07 Å². The van der Waals surface area contributed by atoms with Crippen LogP contribution >= 0.6 is 11.6 Å². The van der Waals surface area contributed by atoms with Crippen molar-refractivity contribution in [2.24, 2.45) is 0 Å².